The summed E-state index contributed by atoms with van der Waals surface area (Å²) >= 11 is 0. The number of pyridine rings is 1. The van der Waals surface area contributed by atoms with Crippen LogP contribution in [0.25, 0.3) is 10.9 Å². The molecule has 1 N–H and O–H groups in total. The second-order valence-corrected chi connectivity index (χ2v) is 4.40. The lowest BCUT2D eigenvalue weighted by Gasteiger charge is -2.10. The number of benzene rings is 1. The van der Waals surface area contributed by atoms with Crippen molar-refractivity contribution in [2.75, 3.05) is 13.6 Å². The van der Waals surface area contributed by atoms with Gasteiger partial charge in [0.1, 0.15) is 0 Å². The molecule has 2 rings (SSSR count). The highest BCUT2D eigenvalue weighted by Crippen LogP contribution is 2.15. The van der Waals surface area contributed by atoms with E-state index >= 15 is 0 Å². The molecule has 1 aromatic heterocycles. The minimum absolute atomic E-state index is 0.666. The standard InChI is InChI=1S/C14H18N2/c1-11(10-15-2)8-12-5-6-14-13(9-12)4-3-7-16-14/h3-7,9,11,15H,8,10H2,1-2H3. The minimum atomic E-state index is 0.666. The Labute approximate surface area is 96.7 Å². The summed E-state index contributed by atoms with van der Waals surface area (Å²) in [7, 11) is 2.00. The Morgan fingerprint density at radius 3 is 3.00 bits per heavy atom. The van der Waals surface area contributed by atoms with Crippen LogP contribution in [-0.2, 0) is 6.42 Å². The number of nitrogens with zero attached hydrogens (tertiary/aromatic N) is 1. The first-order valence-electron chi connectivity index (χ1n) is 5.78. The first kappa shape index (κ1) is 11.1. The molecule has 1 aromatic carbocycles. The molecule has 0 aliphatic rings. The molecule has 2 heteroatoms. The van der Waals surface area contributed by atoms with E-state index in [1.54, 1.807) is 0 Å². The van der Waals surface area contributed by atoms with E-state index in [2.05, 4.69) is 41.5 Å². The van der Waals surface area contributed by atoms with Crippen molar-refractivity contribution in [3.05, 3.63) is 42.1 Å². The second kappa shape index (κ2) is 5.08. The van der Waals surface area contributed by atoms with Crippen molar-refractivity contribution in [1.82, 2.24) is 10.3 Å². The molecule has 0 radical (unpaired) electrons. The Balaban J connectivity index is 2.19. The third-order valence-corrected chi connectivity index (χ3v) is 2.80. The zero-order valence-corrected chi connectivity index (χ0v) is 9.90. The SMILES string of the molecule is CNCC(C)Cc1ccc2ncccc2c1. The van der Waals surface area contributed by atoms with Gasteiger partial charge in [0.2, 0.25) is 0 Å². The van der Waals surface area contributed by atoms with Crippen LogP contribution in [0.5, 0.6) is 0 Å². The molecule has 1 unspecified atom stereocenters. The topological polar surface area (TPSA) is 24.9 Å². The van der Waals surface area contributed by atoms with Gasteiger partial charge in [-0.2, -0.15) is 0 Å². The Kier molecular flexibility index (Phi) is 3.52. The lowest BCUT2D eigenvalue weighted by molar-refractivity contribution is 0.542. The van der Waals surface area contributed by atoms with Gasteiger partial charge in [-0.05, 0) is 49.7 Å². The maximum atomic E-state index is 4.33. The highest BCUT2D eigenvalue weighted by atomic mass is 14.8. The molecule has 16 heavy (non-hydrogen) atoms. The van der Waals surface area contributed by atoms with E-state index in [1.165, 1.54) is 10.9 Å². The molecule has 2 nitrogen and oxygen atoms in total. The maximum Gasteiger partial charge on any atom is 0.0702 e. The second-order valence-electron chi connectivity index (χ2n) is 4.40. The van der Waals surface area contributed by atoms with Gasteiger partial charge >= 0.3 is 0 Å². The molecule has 0 aliphatic heterocycles. The maximum absolute atomic E-state index is 4.33. The van der Waals surface area contributed by atoms with Crippen LogP contribution in [0.2, 0.25) is 0 Å². The highest BCUT2D eigenvalue weighted by molar-refractivity contribution is 5.78. The summed E-state index contributed by atoms with van der Waals surface area (Å²) in [6, 6.07) is 10.6. The van der Waals surface area contributed by atoms with Crippen LogP contribution in [0, 0.1) is 5.92 Å². The van der Waals surface area contributed by atoms with Crippen molar-refractivity contribution < 1.29 is 0 Å². The fraction of sp³-hybridized carbons (Fsp3) is 0.357. The lowest BCUT2D eigenvalue weighted by Crippen LogP contribution is -2.17. The average molecular weight is 214 g/mol. The van der Waals surface area contributed by atoms with Gasteiger partial charge in [0.25, 0.3) is 0 Å². The van der Waals surface area contributed by atoms with Gasteiger partial charge in [0.15, 0.2) is 0 Å². The van der Waals surface area contributed by atoms with Crippen LogP contribution in [0.15, 0.2) is 36.5 Å². The van der Waals surface area contributed by atoms with Crippen molar-refractivity contribution in [3.8, 4) is 0 Å². The molecule has 0 fully saturated rings. The van der Waals surface area contributed by atoms with Crippen LogP contribution < -0.4 is 5.32 Å². The quantitative estimate of drug-likeness (QED) is 0.846. The van der Waals surface area contributed by atoms with Crippen LogP contribution >= 0.6 is 0 Å². The predicted octanol–water partition coefficient (Wildman–Crippen LogP) is 2.63. The van der Waals surface area contributed by atoms with Crippen LogP contribution in [0.4, 0.5) is 0 Å². The van der Waals surface area contributed by atoms with Gasteiger partial charge in [-0.3, -0.25) is 4.98 Å². The van der Waals surface area contributed by atoms with Gasteiger partial charge in [0.05, 0.1) is 5.52 Å². The van der Waals surface area contributed by atoms with Crippen molar-refractivity contribution in [2.45, 2.75) is 13.3 Å². The summed E-state index contributed by atoms with van der Waals surface area (Å²) < 4.78 is 0. The Morgan fingerprint density at radius 1 is 1.31 bits per heavy atom. The minimum Gasteiger partial charge on any atom is -0.319 e. The van der Waals surface area contributed by atoms with Gasteiger partial charge in [0, 0.05) is 11.6 Å². The highest BCUT2D eigenvalue weighted by Gasteiger charge is 2.03. The molecular formula is C14H18N2. The zero-order valence-electron chi connectivity index (χ0n) is 9.90. The molecule has 0 saturated heterocycles. The molecule has 0 aliphatic carbocycles. The number of rotatable bonds is 4. The van der Waals surface area contributed by atoms with Gasteiger partial charge in [-0.1, -0.05) is 19.1 Å². The van der Waals surface area contributed by atoms with Gasteiger partial charge < -0.3 is 5.32 Å². The summed E-state index contributed by atoms with van der Waals surface area (Å²) in [5.41, 5.74) is 2.47. The van der Waals surface area contributed by atoms with E-state index in [0.717, 1.165) is 18.5 Å². The monoisotopic (exact) mass is 214 g/mol. The summed E-state index contributed by atoms with van der Waals surface area (Å²) in [6.07, 6.45) is 2.96. The Hall–Kier alpha value is -1.41. The summed E-state index contributed by atoms with van der Waals surface area (Å²) in [5.74, 6) is 0.666. The molecule has 1 atom stereocenters. The van der Waals surface area contributed by atoms with E-state index < -0.39 is 0 Å². The smallest absolute Gasteiger partial charge is 0.0702 e. The van der Waals surface area contributed by atoms with Crippen LogP contribution in [0.3, 0.4) is 0 Å². The van der Waals surface area contributed by atoms with Gasteiger partial charge in [-0.15, -0.1) is 0 Å². The zero-order chi connectivity index (χ0) is 11.4. The average Bonchev–Trinajstić information content (AvgIpc) is 2.29. The van der Waals surface area contributed by atoms with E-state index in [0.29, 0.717) is 5.92 Å². The third-order valence-electron chi connectivity index (χ3n) is 2.80. The molecule has 0 saturated carbocycles. The number of nitrogens with one attached hydrogen (secondary N) is 1. The molecule has 0 amide bonds. The van der Waals surface area contributed by atoms with E-state index in [9.17, 15) is 0 Å². The Morgan fingerprint density at radius 2 is 2.19 bits per heavy atom. The largest absolute Gasteiger partial charge is 0.319 e. The fourth-order valence-electron chi connectivity index (χ4n) is 2.08. The van der Waals surface area contributed by atoms with E-state index in [4.69, 9.17) is 0 Å². The first-order chi connectivity index (χ1) is 7.79. The molecule has 2 aromatic rings. The normalized spacial score (nSPS) is 12.9. The predicted molar refractivity (Wildman–Crippen MR) is 68.5 cm³/mol. The number of hydrogen-bond acceptors (Lipinski definition) is 2. The van der Waals surface area contributed by atoms with Crippen LogP contribution in [0.1, 0.15) is 12.5 Å². The van der Waals surface area contributed by atoms with Crippen LogP contribution in [-0.4, -0.2) is 18.6 Å². The number of aromatic nitrogens is 1. The van der Waals surface area contributed by atoms with Crippen molar-refractivity contribution in [2.24, 2.45) is 5.92 Å². The van der Waals surface area contributed by atoms with E-state index in [-0.39, 0.29) is 0 Å². The number of fused-ring (bicyclic) bond motifs is 1. The fourth-order valence-corrected chi connectivity index (χ4v) is 2.08. The molecule has 84 valence electrons. The van der Waals surface area contributed by atoms with Crippen molar-refractivity contribution in [3.63, 3.8) is 0 Å². The summed E-state index contributed by atoms with van der Waals surface area (Å²) in [5, 5.41) is 4.45. The number of hydrogen-bond donors (Lipinski definition) is 1. The molecule has 0 spiro atoms. The summed E-state index contributed by atoms with van der Waals surface area (Å²) in [4.78, 5) is 4.33. The molecule has 0 bridgehead atoms. The van der Waals surface area contributed by atoms with E-state index in [1.807, 2.05) is 19.3 Å². The van der Waals surface area contributed by atoms with Gasteiger partial charge in [-0.25, -0.2) is 0 Å². The summed E-state index contributed by atoms with van der Waals surface area (Å²) in [6.45, 7) is 3.33. The first-order valence-corrected chi connectivity index (χ1v) is 5.78. The lowest BCUT2D eigenvalue weighted by atomic mass is 10.00. The molecular weight excluding hydrogens is 196 g/mol. The van der Waals surface area contributed by atoms with Crippen molar-refractivity contribution in [1.29, 1.82) is 0 Å². The molecule has 1 heterocycles. The third kappa shape index (κ3) is 2.58. The van der Waals surface area contributed by atoms with Crippen molar-refractivity contribution >= 4 is 10.9 Å². The Bertz CT molecular complexity index is 465.